The van der Waals surface area contributed by atoms with Crippen LogP contribution in [-0.4, -0.2) is 76.5 Å². The molecule has 2 heterocycles. The van der Waals surface area contributed by atoms with Crippen molar-refractivity contribution in [3.63, 3.8) is 0 Å². The largest absolute Gasteiger partial charge is 0.370 e. The minimum Gasteiger partial charge on any atom is -0.370 e. The van der Waals surface area contributed by atoms with E-state index in [1.54, 1.807) is 13.8 Å². The molecule has 7 amide bonds. The highest BCUT2D eigenvalue weighted by Crippen LogP contribution is 2.44. The zero-order valence-electron chi connectivity index (χ0n) is 25.0. The lowest BCUT2D eigenvalue weighted by Gasteiger charge is -2.33. The Morgan fingerprint density at radius 1 is 0.864 bits per heavy atom. The van der Waals surface area contributed by atoms with Crippen LogP contribution in [-0.2, 0) is 33.6 Å². The highest BCUT2D eigenvalue weighted by molar-refractivity contribution is 5.99. The molecule has 0 unspecified atom stereocenters. The van der Waals surface area contributed by atoms with Gasteiger partial charge in [-0.1, -0.05) is 56.3 Å². The van der Waals surface area contributed by atoms with Crippen LogP contribution in [0.2, 0.25) is 0 Å². The first-order valence-corrected chi connectivity index (χ1v) is 14.7. The summed E-state index contributed by atoms with van der Waals surface area (Å²) in [6.45, 7) is 4.88. The van der Waals surface area contributed by atoms with E-state index in [1.165, 1.54) is 6.92 Å². The molecule has 4 rings (SSSR count). The van der Waals surface area contributed by atoms with E-state index >= 15 is 0 Å². The molecule has 5 atom stereocenters. The summed E-state index contributed by atoms with van der Waals surface area (Å²) in [5.41, 5.74) is 11.5. The van der Waals surface area contributed by atoms with E-state index in [1.807, 2.05) is 42.5 Å². The van der Waals surface area contributed by atoms with Gasteiger partial charge >= 0.3 is 11.8 Å². The van der Waals surface area contributed by atoms with E-state index in [0.717, 1.165) is 16.3 Å². The van der Waals surface area contributed by atoms with Crippen molar-refractivity contribution in [1.82, 2.24) is 16.0 Å². The Labute approximate surface area is 254 Å². The lowest BCUT2D eigenvalue weighted by molar-refractivity contribution is -0.777. The van der Waals surface area contributed by atoms with Crippen LogP contribution in [0.15, 0.2) is 42.5 Å². The van der Waals surface area contributed by atoms with Crippen LogP contribution in [0.1, 0.15) is 57.9 Å². The first-order chi connectivity index (χ1) is 20.8. The number of nitrogens with zero attached hydrogens (tertiary/aromatic N) is 1. The molecule has 0 saturated carbocycles. The van der Waals surface area contributed by atoms with Gasteiger partial charge in [-0.2, -0.15) is 4.48 Å². The van der Waals surface area contributed by atoms with Gasteiger partial charge in [0.25, 0.3) is 5.91 Å². The van der Waals surface area contributed by atoms with Crippen molar-refractivity contribution in [1.29, 1.82) is 0 Å². The molecular formula is C31H39N6O7+. The van der Waals surface area contributed by atoms with Gasteiger partial charge in [0.15, 0.2) is 6.04 Å². The number of carbonyl (C=O) groups is 7. The molecule has 2 fully saturated rings. The average Bonchev–Trinajstić information content (AvgIpc) is 3.51. The fourth-order valence-electron chi connectivity index (χ4n) is 6.32. The lowest BCUT2D eigenvalue weighted by Crippen LogP contribution is -2.64. The van der Waals surface area contributed by atoms with Gasteiger partial charge in [0, 0.05) is 6.42 Å². The van der Waals surface area contributed by atoms with Crippen LogP contribution >= 0.6 is 0 Å². The second kappa shape index (κ2) is 12.9. The molecule has 2 aromatic carbocycles. The molecule has 2 aliphatic rings. The summed E-state index contributed by atoms with van der Waals surface area (Å²) in [5.74, 6) is -5.56. The van der Waals surface area contributed by atoms with E-state index in [-0.39, 0.29) is 37.1 Å². The van der Waals surface area contributed by atoms with Crippen LogP contribution in [0.25, 0.3) is 10.8 Å². The fourth-order valence-corrected chi connectivity index (χ4v) is 6.32. The predicted molar refractivity (Wildman–Crippen MR) is 159 cm³/mol. The number of imide groups is 1. The molecule has 1 spiro atoms. The number of primary amides is 2. The summed E-state index contributed by atoms with van der Waals surface area (Å²) in [5, 5.41) is 9.40. The Kier molecular flexibility index (Phi) is 9.47. The summed E-state index contributed by atoms with van der Waals surface area (Å²) in [7, 11) is 0. The van der Waals surface area contributed by atoms with Gasteiger partial charge in [-0.3, -0.25) is 24.0 Å². The summed E-state index contributed by atoms with van der Waals surface area (Å²) in [6, 6.07) is 8.54. The van der Waals surface area contributed by atoms with Gasteiger partial charge in [-0.05, 0) is 29.2 Å². The first kappa shape index (κ1) is 32.3. The van der Waals surface area contributed by atoms with Crippen molar-refractivity contribution >= 4 is 52.1 Å². The number of nitrogens with one attached hydrogen (secondary N) is 3. The van der Waals surface area contributed by atoms with E-state index in [9.17, 15) is 33.6 Å². The number of carbonyl (C=O) groups excluding carboxylic acids is 7. The Morgan fingerprint density at radius 2 is 1.50 bits per heavy atom. The monoisotopic (exact) mass is 607 g/mol. The quantitative estimate of drug-likeness (QED) is 0.172. The maximum absolute atomic E-state index is 14.1. The van der Waals surface area contributed by atoms with Gasteiger partial charge in [-0.15, -0.1) is 0 Å². The third-order valence-electron chi connectivity index (χ3n) is 8.62. The number of amides is 7. The van der Waals surface area contributed by atoms with E-state index in [2.05, 4.69) is 16.0 Å². The summed E-state index contributed by atoms with van der Waals surface area (Å²) in [6.07, 6.45) is -0.215. The van der Waals surface area contributed by atoms with Crippen molar-refractivity contribution in [3.8, 4) is 0 Å². The molecule has 0 aromatic heterocycles. The number of benzene rings is 2. The molecule has 7 N–H and O–H groups in total. The summed E-state index contributed by atoms with van der Waals surface area (Å²) in [4.78, 5) is 90.2. The van der Waals surface area contributed by atoms with Crippen LogP contribution in [0.4, 0.5) is 0 Å². The molecule has 44 heavy (non-hydrogen) atoms. The van der Waals surface area contributed by atoms with Gasteiger partial charge in [-0.25, -0.2) is 9.59 Å². The standard InChI is InChI=1S/C31H38N6O7/c1-16(2)26(28(33)41)36-29(42)17(3)34-30(43)22(15-23(32)38)35-31(44)27-21(12-13-37(27)24(39)10-11-25(37)40)20-9-8-18-6-4-5-7-19(18)14-20/h4-9,14,16-17,21-22,26-27H,10-13,15H2,1-3H3,(H6-,32,33,34,35,36,38,41,42,43,44)/p+1/t17-,21-,22-,26-,27-/m0/s1. The predicted octanol–water partition coefficient (Wildman–Crippen LogP) is -0.149. The number of fused-ring (bicyclic) bond motifs is 1. The van der Waals surface area contributed by atoms with E-state index in [0.29, 0.717) is 6.42 Å². The van der Waals surface area contributed by atoms with Crippen LogP contribution in [0.5, 0.6) is 0 Å². The lowest BCUT2D eigenvalue weighted by atomic mass is 9.89. The first-order valence-electron chi connectivity index (χ1n) is 14.7. The van der Waals surface area contributed by atoms with Crippen molar-refractivity contribution in [3.05, 3.63) is 48.0 Å². The average molecular weight is 608 g/mol. The SMILES string of the molecule is CC(C)[C@H](NC(=O)[C@H](C)NC(=O)[C@H](CC(N)=O)NC(=O)[C@@H]1[C@H](c2ccc3ccccc3c2)CC[N+]12C(=O)CCC2=O)C(N)=O. The van der Waals surface area contributed by atoms with Crippen LogP contribution in [0, 0.1) is 5.92 Å². The molecule has 234 valence electrons. The van der Waals surface area contributed by atoms with E-state index in [4.69, 9.17) is 11.5 Å². The van der Waals surface area contributed by atoms with Crippen LogP contribution in [0.3, 0.4) is 0 Å². The molecule has 0 bridgehead atoms. The highest BCUT2D eigenvalue weighted by atomic mass is 16.2. The third-order valence-corrected chi connectivity index (χ3v) is 8.62. The fraction of sp³-hybridized carbons (Fsp3) is 0.452. The molecule has 2 saturated heterocycles. The van der Waals surface area contributed by atoms with Gasteiger partial charge in [0.2, 0.25) is 23.6 Å². The molecule has 13 nitrogen and oxygen atoms in total. The number of rotatable bonds is 11. The Morgan fingerprint density at radius 3 is 2.09 bits per heavy atom. The molecular weight excluding hydrogens is 568 g/mol. The van der Waals surface area contributed by atoms with Gasteiger partial charge < -0.3 is 27.4 Å². The normalized spacial score (nSPS) is 21.2. The van der Waals surface area contributed by atoms with E-state index < -0.39 is 70.5 Å². The van der Waals surface area contributed by atoms with Gasteiger partial charge in [0.05, 0.1) is 31.7 Å². The second-order valence-electron chi connectivity index (χ2n) is 11.9. The van der Waals surface area contributed by atoms with Crippen molar-refractivity contribution in [2.24, 2.45) is 17.4 Å². The summed E-state index contributed by atoms with van der Waals surface area (Å²) >= 11 is 0. The maximum Gasteiger partial charge on any atom is 0.322 e. The van der Waals surface area contributed by atoms with Crippen molar-refractivity contribution in [2.75, 3.05) is 6.54 Å². The highest BCUT2D eigenvalue weighted by Gasteiger charge is 2.64. The zero-order chi connectivity index (χ0) is 32.3. The molecule has 13 heteroatoms. The van der Waals surface area contributed by atoms with Crippen LogP contribution < -0.4 is 27.4 Å². The Bertz CT molecular complexity index is 1510. The minimum atomic E-state index is -1.50. The van der Waals surface area contributed by atoms with Crippen molar-refractivity contribution < 1.29 is 38.0 Å². The Balaban J connectivity index is 1.60. The molecule has 2 aromatic rings. The third kappa shape index (κ3) is 6.32. The zero-order valence-corrected chi connectivity index (χ0v) is 25.0. The second-order valence-corrected chi connectivity index (χ2v) is 11.9. The topological polar surface area (TPSA) is 208 Å². The number of hydrogen-bond acceptors (Lipinski definition) is 7. The number of hydrogen-bond donors (Lipinski definition) is 5. The molecule has 0 aliphatic carbocycles. The van der Waals surface area contributed by atoms with Crippen molar-refractivity contribution in [2.45, 2.75) is 76.5 Å². The van der Waals surface area contributed by atoms with Gasteiger partial charge in [0.1, 0.15) is 18.1 Å². The molecule has 2 aliphatic heterocycles. The Hall–Kier alpha value is -4.65. The maximum atomic E-state index is 14.1. The minimum absolute atomic E-state index is 0.00749. The number of nitrogens with two attached hydrogens (primary N) is 2. The summed E-state index contributed by atoms with van der Waals surface area (Å²) < 4.78 is -0.656. The number of quaternary nitrogens is 1. The smallest absolute Gasteiger partial charge is 0.322 e. The molecule has 0 radical (unpaired) electrons.